The number of nitrogens with two attached hydrogens (primary N) is 1. The molecule has 2 nitrogen and oxygen atoms in total. The summed E-state index contributed by atoms with van der Waals surface area (Å²) in [7, 11) is 0. The molecule has 0 spiro atoms. The average molecular weight is 180 g/mol. The third kappa shape index (κ3) is 2.96. The van der Waals surface area contributed by atoms with Gasteiger partial charge in [-0.15, -0.1) is 0 Å². The number of rotatable bonds is 2. The molecule has 12 heavy (non-hydrogen) atoms. The van der Waals surface area contributed by atoms with E-state index in [-0.39, 0.29) is 0 Å². The number of nitrogens with zero attached hydrogens (tertiary/aromatic N) is 1. The first-order valence-electron chi connectivity index (χ1n) is 3.85. The van der Waals surface area contributed by atoms with Crippen molar-refractivity contribution in [2.24, 2.45) is 10.7 Å². The van der Waals surface area contributed by atoms with Gasteiger partial charge in [0.1, 0.15) is 0 Å². The van der Waals surface area contributed by atoms with E-state index in [9.17, 15) is 0 Å². The molecule has 1 aromatic rings. The quantitative estimate of drug-likeness (QED) is 0.430. The van der Waals surface area contributed by atoms with Gasteiger partial charge < -0.3 is 5.73 Å². The SMILES string of the molecule is CCN=C(N)Sc1ccccc1. The molecule has 0 radical (unpaired) electrons. The first kappa shape index (κ1) is 9.13. The summed E-state index contributed by atoms with van der Waals surface area (Å²) in [5.41, 5.74) is 5.63. The minimum Gasteiger partial charge on any atom is -0.378 e. The lowest BCUT2D eigenvalue weighted by Crippen LogP contribution is -2.06. The zero-order valence-corrected chi connectivity index (χ0v) is 7.84. The number of benzene rings is 1. The van der Waals surface area contributed by atoms with Crippen molar-refractivity contribution in [2.75, 3.05) is 6.54 Å². The van der Waals surface area contributed by atoms with E-state index in [1.807, 2.05) is 37.3 Å². The van der Waals surface area contributed by atoms with E-state index in [1.165, 1.54) is 11.8 Å². The lowest BCUT2D eigenvalue weighted by molar-refractivity contribution is 1.13. The summed E-state index contributed by atoms with van der Waals surface area (Å²) in [4.78, 5) is 5.21. The number of hydrogen-bond donors (Lipinski definition) is 1. The molecule has 0 saturated heterocycles. The molecule has 0 atom stereocenters. The molecule has 0 saturated carbocycles. The molecule has 0 bridgehead atoms. The minimum absolute atomic E-state index is 0.628. The highest BCUT2D eigenvalue weighted by molar-refractivity contribution is 8.13. The van der Waals surface area contributed by atoms with Gasteiger partial charge in [0.05, 0.1) is 0 Å². The van der Waals surface area contributed by atoms with Gasteiger partial charge in [0.25, 0.3) is 0 Å². The highest BCUT2D eigenvalue weighted by Crippen LogP contribution is 2.16. The van der Waals surface area contributed by atoms with Crippen molar-refractivity contribution in [1.82, 2.24) is 0 Å². The predicted octanol–water partition coefficient (Wildman–Crippen LogP) is 2.11. The van der Waals surface area contributed by atoms with Crippen LogP contribution in [0.4, 0.5) is 0 Å². The smallest absolute Gasteiger partial charge is 0.158 e. The Kier molecular flexibility index (Phi) is 3.67. The number of aliphatic imine (C=N–C) groups is 1. The van der Waals surface area contributed by atoms with Gasteiger partial charge in [0.15, 0.2) is 5.17 Å². The molecule has 0 amide bonds. The lowest BCUT2D eigenvalue weighted by atomic mass is 10.4. The van der Waals surface area contributed by atoms with Crippen molar-refractivity contribution < 1.29 is 0 Å². The van der Waals surface area contributed by atoms with E-state index < -0.39 is 0 Å². The van der Waals surface area contributed by atoms with E-state index in [0.717, 1.165) is 11.4 Å². The molecule has 1 rings (SSSR count). The Morgan fingerprint density at radius 1 is 1.42 bits per heavy atom. The Morgan fingerprint density at radius 3 is 2.67 bits per heavy atom. The molecule has 0 aliphatic heterocycles. The van der Waals surface area contributed by atoms with Gasteiger partial charge in [-0.1, -0.05) is 30.0 Å². The zero-order chi connectivity index (χ0) is 8.81. The highest BCUT2D eigenvalue weighted by atomic mass is 32.2. The molecule has 0 aliphatic carbocycles. The fourth-order valence-corrected chi connectivity index (χ4v) is 1.53. The van der Waals surface area contributed by atoms with Crippen LogP contribution in [-0.2, 0) is 0 Å². The van der Waals surface area contributed by atoms with Gasteiger partial charge in [-0.05, 0) is 19.1 Å². The van der Waals surface area contributed by atoms with Gasteiger partial charge in [0.2, 0.25) is 0 Å². The highest BCUT2D eigenvalue weighted by Gasteiger charge is 1.94. The summed E-state index contributed by atoms with van der Waals surface area (Å²) in [5, 5.41) is 0.628. The van der Waals surface area contributed by atoms with Gasteiger partial charge in [-0.3, -0.25) is 4.99 Å². The Labute approximate surface area is 76.9 Å². The summed E-state index contributed by atoms with van der Waals surface area (Å²) >= 11 is 1.50. The molecule has 0 heterocycles. The van der Waals surface area contributed by atoms with Crippen molar-refractivity contribution in [2.45, 2.75) is 11.8 Å². The summed E-state index contributed by atoms with van der Waals surface area (Å²) < 4.78 is 0. The van der Waals surface area contributed by atoms with Crippen LogP contribution in [0.25, 0.3) is 0 Å². The maximum atomic E-state index is 5.63. The van der Waals surface area contributed by atoms with E-state index in [0.29, 0.717) is 5.17 Å². The topological polar surface area (TPSA) is 38.4 Å². The van der Waals surface area contributed by atoms with Crippen LogP contribution >= 0.6 is 11.8 Å². The number of amidine groups is 1. The molecule has 2 N–H and O–H groups in total. The average Bonchev–Trinajstić information content (AvgIpc) is 2.06. The Balaban J connectivity index is 2.58. The van der Waals surface area contributed by atoms with Crippen molar-refractivity contribution in [3.63, 3.8) is 0 Å². The van der Waals surface area contributed by atoms with Crippen LogP contribution in [0.1, 0.15) is 6.92 Å². The Hall–Kier alpha value is -0.960. The summed E-state index contributed by atoms with van der Waals surface area (Å²) in [5.74, 6) is 0. The number of thioether (sulfide) groups is 1. The van der Waals surface area contributed by atoms with E-state index in [2.05, 4.69) is 4.99 Å². The van der Waals surface area contributed by atoms with E-state index >= 15 is 0 Å². The van der Waals surface area contributed by atoms with Crippen molar-refractivity contribution in [1.29, 1.82) is 0 Å². The van der Waals surface area contributed by atoms with Crippen LogP contribution < -0.4 is 5.73 Å². The molecule has 3 heteroatoms. The van der Waals surface area contributed by atoms with Crippen LogP contribution in [0, 0.1) is 0 Å². The molecule has 0 aliphatic rings. The number of hydrogen-bond acceptors (Lipinski definition) is 2. The molecule has 0 fully saturated rings. The summed E-state index contributed by atoms with van der Waals surface area (Å²) in [6.45, 7) is 2.71. The third-order valence-corrected chi connectivity index (χ3v) is 2.13. The predicted molar refractivity (Wildman–Crippen MR) is 54.5 cm³/mol. The third-order valence-electron chi connectivity index (χ3n) is 1.28. The minimum atomic E-state index is 0.628. The first-order valence-corrected chi connectivity index (χ1v) is 4.67. The van der Waals surface area contributed by atoms with Crippen LogP contribution in [0.15, 0.2) is 40.2 Å². The maximum absolute atomic E-state index is 5.63. The summed E-state index contributed by atoms with van der Waals surface area (Å²) in [6, 6.07) is 9.99. The largest absolute Gasteiger partial charge is 0.378 e. The monoisotopic (exact) mass is 180 g/mol. The maximum Gasteiger partial charge on any atom is 0.158 e. The lowest BCUT2D eigenvalue weighted by Gasteiger charge is -1.98. The van der Waals surface area contributed by atoms with Crippen molar-refractivity contribution in [3.8, 4) is 0 Å². The van der Waals surface area contributed by atoms with Crippen molar-refractivity contribution in [3.05, 3.63) is 30.3 Å². The van der Waals surface area contributed by atoms with E-state index in [4.69, 9.17) is 5.73 Å². The van der Waals surface area contributed by atoms with Crippen molar-refractivity contribution >= 4 is 16.9 Å². The second-order valence-electron chi connectivity index (χ2n) is 2.23. The van der Waals surface area contributed by atoms with Gasteiger partial charge in [-0.2, -0.15) is 0 Å². The first-order chi connectivity index (χ1) is 5.83. The standard InChI is InChI=1S/C9H12N2S/c1-2-11-9(10)12-8-6-4-3-5-7-8/h3-7H,2H2,1H3,(H2,10,11). The second kappa shape index (κ2) is 4.83. The molecule has 1 aromatic carbocycles. The van der Waals surface area contributed by atoms with Gasteiger partial charge in [-0.25, -0.2) is 0 Å². The molecular weight excluding hydrogens is 168 g/mol. The van der Waals surface area contributed by atoms with Crippen LogP contribution in [-0.4, -0.2) is 11.7 Å². The van der Waals surface area contributed by atoms with Gasteiger partial charge >= 0.3 is 0 Å². The van der Waals surface area contributed by atoms with Gasteiger partial charge in [0, 0.05) is 11.4 Å². The van der Waals surface area contributed by atoms with Crippen LogP contribution in [0.2, 0.25) is 0 Å². The van der Waals surface area contributed by atoms with Crippen LogP contribution in [0.3, 0.4) is 0 Å². The molecule has 0 aromatic heterocycles. The Morgan fingerprint density at radius 2 is 2.08 bits per heavy atom. The molecular formula is C9H12N2S. The van der Waals surface area contributed by atoms with Crippen LogP contribution in [0.5, 0.6) is 0 Å². The van der Waals surface area contributed by atoms with E-state index in [1.54, 1.807) is 0 Å². The zero-order valence-electron chi connectivity index (χ0n) is 7.03. The second-order valence-corrected chi connectivity index (χ2v) is 3.32. The molecule has 64 valence electrons. The molecule has 0 unspecified atom stereocenters. The Bertz CT molecular complexity index is 256. The normalized spacial score (nSPS) is 11.6. The fraction of sp³-hybridized carbons (Fsp3) is 0.222. The fourth-order valence-electron chi connectivity index (χ4n) is 0.797. The summed E-state index contributed by atoms with van der Waals surface area (Å²) in [6.07, 6.45) is 0.